The Morgan fingerprint density at radius 1 is 1.33 bits per heavy atom. The van der Waals surface area contributed by atoms with Gasteiger partial charge in [-0.1, -0.05) is 44.4 Å². The van der Waals surface area contributed by atoms with Crippen LogP contribution in [0.25, 0.3) is 11.3 Å². The Morgan fingerprint density at radius 3 is 2.73 bits per heavy atom. The fourth-order valence-electron chi connectivity index (χ4n) is 4.00. The molecule has 30 heavy (non-hydrogen) atoms. The first-order valence-corrected chi connectivity index (χ1v) is 10.3. The summed E-state index contributed by atoms with van der Waals surface area (Å²) in [6.07, 6.45) is -0.839. The van der Waals surface area contributed by atoms with Gasteiger partial charge in [0, 0.05) is 11.5 Å². The van der Waals surface area contributed by atoms with Crippen molar-refractivity contribution in [2.45, 2.75) is 58.4 Å². The first-order chi connectivity index (χ1) is 14.0. The van der Waals surface area contributed by atoms with Crippen molar-refractivity contribution in [3.63, 3.8) is 0 Å². The molecule has 1 aromatic carbocycles. The number of aromatic amines is 1. The molecule has 9 heteroatoms. The summed E-state index contributed by atoms with van der Waals surface area (Å²) in [5, 5.41) is 19.0. The lowest BCUT2D eigenvalue weighted by Crippen LogP contribution is -2.41. The Balaban J connectivity index is 1.77. The average molecular weight is 444 g/mol. The van der Waals surface area contributed by atoms with Crippen molar-refractivity contribution in [3.8, 4) is 11.3 Å². The maximum absolute atomic E-state index is 12.8. The van der Waals surface area contributed by atoms with Gasteiger partial charge >= 0.3 is 6.18 Å². The number of aliphatic hydroxyl groups excluding tert-OH is 1. The van der Waals surface area contributed by atoms with Crippen LogP contribution in [-0.4, -0.2) is 27.4 Å². The number of hydrogen-bond acceptors (Lipinski definition) is 3. The fourth-order valence-corrected chi connectivity index (χ4v) is 4.20. The molecule has 1 saturated carbocycles. The number of H-pyrrole nitrogens is 1. The molecule has 0 spiro atoms. The van der Waals surface area contributed by atoms with Gasteiger partial charge in [0.05, 0.1) is 16.3 Å². The molecule has 2 aromatic rings. The second-order valence-electron chi connectivity index (χ2n) is 8.65. The number of carbonyl (C=O) groups is 1. The normalized spacial score (nSPS) is 20.4. The first kappa shape index (κ1) is 22.6. The molecule has 0 aliphatic heterocycles. The topological polar surface area (TPSA) is 78.0 Å². The number of aliphatic hydroxyl groups is 1. The molecule has 3 rings (SSSR count). The van der Waals surface area contributed by atoms with Crippen molar-refractivity contribution in [2.24, 2.45) is 11.3 Å². The fraction of sp³-hybridized carbons (Fsp3) is 0.524. The second kappa shape index (κ2) is 8.59. The van der Waals surface area contributed by atoms with Gasteiger partial charge in [-0.05, 0) is 42.9 Å². The van der Waals surface area contributed by atoms with Gasteiger partial charge in [-0.25, -0.2) is 0 Å². The number of carbonyl (C=O) groups excluding carboxylic acids is 1. The van der Waals surface area contributed by atoms with Gasteiger partial charge in [0.2, 0.25) is 0 Å². The van der Waals surface area contributed by atoms with Crippen molar-refractivity contribution in [3.05, 3.63) is 40.5 Å². The van der Waals surface area contributed by atoms with Gasteiger partial charge in [-0.3, -0.25) is 9.89 Å². The third-order valence-electron chi connectivity index (χ3n) is 5.61. The Labute approximate surface area is 178 Å². The standard InChI is InChI=1S/C21H25ClF3N3O2/c1-20(2)8-4-3-5-13(11-20)18(29)26-19(30)14-9-12(6-7-15(14)22)16-10-17(28-27-16)21(23,24)25/h6-7,9-10,13,18,29H,3-5,8,11H2,1-2H3,(H,26,30)(H,27,28). The lowest BCUT2D eigenvalue weighted by molar-refractivity contribution is -0.141. The molecule has 0 bridgehead atoms. The zero-order chi connectivity index (χ0) is 22.1. The summed E-state index contributed by atoms with van der Waals surface area (Å²) in [4.78, 5) is 12.8. The average Bonchev–Trinajstić information content (AvgIpc) is 3.07. The van der Waals surface area contributed by atoms with Gasteiger partial charge in [0.1, 0.15) is 11.9 Å². The van der Waals surface area contributed by atoms with Crippen LogP contribution >= 0.6 is 11.6 Å². The number of amides is 1. The zero-order valence-corrected chi connectivity index (χ0v) is 17.6. The highest BCUT2D eigenvalue weighted by molar-refractivity contribution is 6.34. The van der Waals surface area contributed by atoms with E-state index in [1.54, 1.807) is 0 Å². The van der Waals surface area contributed by atoms with Crippen LogP contribution in [0.4, 0.5) is 13.2 Å². The lowest BCUT2D eigenvalue weighted by Gasteiger charge is -2.29. The quantitative estimate of drug-likeness (QED) is 0.437. The van der Waals surface area contributed by atoms with Crippen LogP contribution in [0.15, 0.2) is 24.3 Å². The summed E-state index contributed by atoms with van der Waals surface area (Å²) in [7, 11) is 0. The van der Waals surface area contributed by atoms with E-state index >= 15 is 0 Å². The molecule has 2 atom stereocenters. The van der Waals surface area contributed by atoms with E-state index in [9.17, 15) is 23.1 Å². The van der Waals surface area contributed by atoms with Crippen molar-refractivity contribution in [2.75, 3.05) is 0 Å². The molecule has 5 nitrogen and oxygen atoms in total. The highest BCUT2D eigenvalue weighted by Crippen LogP contribution is 2.38. The summed E-state index contributed by atoms with van der Waals surface area (Å²) < 4.78 is 38.4. The molecule has 0 saturated heterocycles. The number of aromatic nitrogens is 2. The smallest absolute Gasteiger partial charge is 0.373 e. The van der Waals surface area contributed by atoms with Crippen LogP contribution in [0.2, 0.25) is 5.02 Å². The van der Waals surface area contributed by atoms with Crippen molar-refractivity contribution >= 4 is 17.5 Å². The maximum atomic E-state index is 12.8. The predicted octanol–water partition coefficient (Wildman–Crippen LogP) is 5.40. The minimum Gasteiger partial charge on any atom is -0.373 e. The number of nitrogens with one attached hydrogen (secondary N) is 2. The molecule has 164 valence electrons. The van der Waals surface area contributed by atoms with Crippen LogP contribution in [0.1, 0.15) is 62.0 Å². The first-order valence-electron chi connectivity index (χ1n) is 9.88. The van der Waals surface area contributed by atoms with Crippen LogP contribution < -0.4 is 5.32 Å². The number of nitrogens with zero attached hydrogens (tertiary/aromatic N) is 1. The minimum absolute atomic E-state index is 0.0408. The number of hydrogen-bond donors (Lipinski definition) is 3. The van der Waals surface area contributed by atoms with Gasteiger partial charge in [0.25, 0.3) is 5.91 Å². The van der Waals surface area contributed by atoms with E-state index in [4.69, 9.17) is 11.6 Å². The molecule has 2 unspecified atom stereocenters. The Morgan fingerprint density at radius 2 is 2.07 bits per heavy atom. The molecule has 3 N–H and O–H groups in total. The molecule has 0 radical (unpaired) electrons. The van der Waals surface area contributed by atoms with E-state index in [1.165, 1.54) is 18.2 Å². The minimum atomic E-state index is -4.55. The van der Waals surface area contributed by atoms with E-state index in [1.807, 2.05) is 5.10 Å². The van der Waals surface area contributed by atoms with Gasteiger partial charge < -0.3 is 10.4 Å². The number of halogens is 4. The monoisotopic (exact) mass is 443 g/mol. The van der Waals surface area contributed by atoms with Gasteiger partial charge in [-0.15, -0.1) is 0 Å². The molecule has 1 aliphatic rings. The molecular formula is C21H25ClF3N3O2. The second-order valence-corrected chi connectivity index (χ2v) is 9.06. The van der Waals surface area contributed by atoms with Gasteiger partial charge in [-0.2, -0.15) is 18.3 Å². The van der Waals surface area contributed by atoms with Crippen LogP contribution in [0.5, 0.6) is 0 Å². The lowest BCUT2D eigenvalue weighted by atomic mass is 9.80. The molecule has 1 amide bonds. The number of benzene rings is 1. The summed E-state index contributed by atoms with van der Waals surface area (Å²) in [5.74, 6) is -0.655. The Hall–Kier alpha value is -2.06. The highest BCUT2D eigenvalue weighted by atomic mass is 35.5. The number of alkyl halides is 3. The molecule has 1 aliphatic carbocycles. The third kappa shape index (κ3) is 5.35. The summed E-state index contributed by atoms with van der Waals surface area (Å²) in [6.45, 7) is 4.30. The van der Waals surface area contributed by atoms with Crippen LogP contribution in [-0.2, 0) is 6.18 Å². The molecule has 1 heterocycles. The van der Waals surface area contributed by atoms with E-state index in [0.29, 0.717) is 5.56 Å². The third-order valence-corrected chi connectivity index (χ3v) is 5.94. The van der Waals surface area contributed by atoms with E-state index in [-0.39, 0.29) is 27.6 Å². The molecule has 1 fully saturated rings. The predicted molar refractivity (Wildman–Crippen MR) is 108 cm³/mol. The van der Waals surface area contributed by atoms with Crippen LogP contribution in [0, 0.1) is 11.3 Å². The van der Waals surface area contributed by atoms with Crippen LogP contribution in [0.3, 0.4) is 0 Å². The van der Waals surface area contributed by atoms with E-state index in [0.717, 1.165) is 38.2 Å². The molecular weight excluding hydrogens is 419 g/mol. The molecule has 1 aromatic heterocycles. The van der Waals surface area contributed by atoms with Gasteiger partial charge in [0.15, 0.2) is 0 Å². The van der Waals surface area contributed by atoms with E-state index < -0.39 is 24.0 Å². The van der Waals surface area contributed by atoms with Crippen molar-refractivity contribution in [1.29, 1.82) is 0 Å². The summed E-state index contributed by atoms with van der Waals surface area (Å²) in [6, 6.07) is 5.15. The Kier molecular flexibility index (Phi) is 6.48. The zero-order valence-electron chi connectivity index (χ0n) is 16.8. The SMILES string of the molecule is CC1(C)CCCCC(C(O)NC(=O)c2cc(-c3cc(C(F)(F)F)[nH]n3)ccc2Cl)C1. The Bertz CT molecular complexity index is 911. The number of rotatable bonds is 4. The summed E-state index contributed by atoms with van der Waals surface area (Å²) in [5.41, 5.74) is -0.483. The highest BCUT2D eigenvalue weighted by Gasteiger charge is 2.34. The van der Waals surface area contributed by atoms with E-state index in [2.05, 4.69) is 24.3 Å². The summed E-state index contributed by atoms with van der Waals surface area (Å²) >= 11 is 6.15. The maximum Gasteiger partial charge on any atom is 0.432 e. The largest absolute Gasteiger partial charge is 0.432 e. The van der Waals surface area contributed by atoms with Crippen molar-refractivity contribution < 1.29 is 23.1 Å². The van der Waals surface area contributed by atoms with Crippen molar-refractivity contribution in [1.82, 2.24) is 15.5 Å².